The highest BCUT2D eigenvalue weighted by Gasteiger charge is 2.14. The van der Waals surface area contributed by atoms with Gasteiger partial charge in [0.25, 0.3) is 0 Å². The average molecular weight is 270 g/mol. The largest absolute Gasteiger partial charge is 0.389 e. The standard InChI is InChI=1S/C13H19FN2OS/c1-3-5-9(8-17-2)16-11-7-4-6-10(14)12(11)13(15)18/h4,6-7,9,16H,3,5,8H2,1-2H3,(H2,15,18). The van der Waals surface area contributed by atoms with Gasteiger partial charge in [-0.15, -0.1) is 0 Å². The molecule has 0 amide bonds. The van der Waals surface area contributed by atoms with Crippen molar-refractivity contribution in [1.29, 1.82) is 0 Å². The van der Waals surface area contributed by atoms with Gasteiger partial charge in [0.05, 0.1) is 12.2 Å². The zero-order valence-corrected chi connectivity index (χ0v) is 11.5. The van der Waals surface area contributed by atoms with Gasteiger partial charge in [-0.2, -0.15) is 0 Å². The molecule has 0 aliphatic carbocycles. The summed E-state index contributed by atoms with van der Waals surface area (Å²) in [6, 6.07) is 4.88. The van der Waals surface area contributed by atoms with Crippen LogP contribution in [0.5, 0.6) is 0 Å². The maximum Gasteiger partial charge on any atom is 0.135 e. The number of anilines is 1. The van der Waals surface area contributed by atoms with Crippen LogP contribution in [0.15, 0.2) is 18.2 Å². The Balaban J connectivity index is 2.94. The van der Waals surface area contributed by atoms with E-state index in [0.29, 0.717) is 12.3 Å². The summed E-state index contributed by atoms with van der Waals surface area (Å²) in [6.45, 7) is 2.64. The quantitative estimate of drug-likeness (QED) is 0.748. The second-order valence-electron chi connectivity index (χ2n) is 4.11. The number of halogens is 1. The zero-order valence-electron chi connectivity index (χ0n) is 10.7. The molecule has 100 valence electrons. The van der Waals surface area contributed by atoms with Crippen LogP contribution in [0, 0.1) is 5.82 Å². The summed E-state index contributed by atoms with van der Waals surface area (Å²) in [5.74, 6) is -0.403. The fourth-order valence-corrected chi connectivity index (χ4v) is 2.07. The van der Waals surface area contributed by atoms with Crippen LogP contribution in [0.3, 0.4) is 0 Å². The molecule has 0 fully saturated rings. The van der Waals surface area contributed by atoms with Crippen LogP contribution in [0.4, 0.5) is 10.1 Å². The molecule has 0 bridgehead atoms. The number of hydrogen-bond acceptors (Lipinski definition) is 3. The van der Waals surface area contributed by atoms with Crippen LogP contribution < -0.4 is 11.1 Å². The Morgan fingerprint density at radius 3 is 2.83 bits per heavy atom. The van der Waals surface area contributed by atoms with Crippen LogP contribution >= 0.6 is 12.2 Å². The Bertz CT molecular complexity index is 406. The lowest BCUT2D eigenvalue weighted by molar-refractivity contribution is 0.182. The van der Waals surface area contributed by atoms with E-state index >= 15 is 0 Å². The van der Waals surface area contributed by atoms with Gasteiger partial charge in [-0.3, -0.25) is 0 Å². The van der Waals surface area contributed by atoms with E-state index in [2.05, 4.69) is 12.2 Å². The van der Waals surface area contributed by atoms with Crippen molar-refractivity contribution in [3.8, 4) is 0 Å². The average Bonchev–Trinajstić information content (AvgIpc) is 2.29. The van der Waals surface area contributed by atoms with E-state index in [-0.39, 0.29) is 16.6 Å². The number of hydrogen-bond donors (Lipinski definition) is 2. The molecule has 0 aromatic heterocycles. The molecule has 1 aromatic rings. The first kappa shape index (κ1) is 14.9. The summed E-state index contributed by atoms with van der Waals surface area (Å²) in [7, 11) is 1.64. The predicted octanol–water partition coefficient (Wildman–Crippen LogP) is 2.69. The molecular formula is C13H19FN2OS. The van der Waals surface area contributed by atoms with Gasteiger partial charge in [-0.25, -0.2) is 4.39 Å². The number of thiocarbonyl (C=S) groups is 1. The van der Waals surface area contributed by atoms with Gasteiger partial charge in [0.15, 0.2) is 0 Å². The minimum Gasteiger partial charge on any atom is -0.389 e. The number of ether oxygens (including phenoxy) is 1. The van der Waals surface area contributed by atoms with Crippen LogP contribution in [-0.2, 0) is 4.74 Å². The van der Waals surface area contributed by atoms with Crippen molar-refractivity contribution >= 4 is 22.9 Å². The van der Waals surface area contributed by atoms with Crippen LogP contribution in [-0.4, -0.2) is 24.7 Å². The highest BCUT2D eigenvalue weighted by molar-refractivity contribution is 7.80. The van der Waals surface area contributed by atoms with Crippen molar-refractivity contribution in [1.82, 2.24) is 0 Å². The SMILES string of the molecule is CCCC(COC)Nc1cccc(F)c1C(N)=S. The van der Waals surface area contributed by atoms with Crippen molar-refractivity contribution < 1.29 is 9.13 Å². The van der Waals surface area contributed by atoms with Crippen molar-refractivity contribution in [2.45, 2.75) is 25.8 Å². The first-order valence-corrected chi connectivity index (χ1v) is 6.34. The second kappa shape index (κ2) is 7.28. The third-order valence-electron chi connectivity index (χ3n) is 2.62. The lowest BCUT2D eigenvalue weighted by Gasteiger charge is -2.20. The summed E-state index contributed by atoms with van der Waals surface area (Å²) < 4.78 is 18.8. The van der Waals surface area contributed by atoms with Crippen molar-refractivity contribution in [3.63, 3.8) is 0 Å². The highest BCUT2D eigenvalue weighted by atomic mass is 32.1. The summed E-state index contributed by atoms with van der Waals surface area (Å²) in [6.07, 6.45) is 1.94. The fraction of sp³-hybridized carbons (Fsp3) is 0.462. The van der Waals surface area contributed by atoms with Crippen LogP contribution in [0.2, 0.25) is 0 Å². The second-order valence-corrected chi connectivity index (χ2v) is 4.55. The number of nitrogens with one attached hydrogen (secondary N) is 1. The summed E-state index contributed by atoms with van der Waals surface area (Å²) >= 11 is 4.89. The molecule has 0 aliphatic rings. The lowest BCUT2D eigenvalue weighted by Crippen LogP contribution is -2.26. The van der Waals surface area contributed by atoms with Gasteiger partial charge < -0.3 is 15.8 Å². The molecule has 18 heavy (non-hydrogen) atoms. The lowest BCUT2D eigenvalue weighted by atomic mass is 10.1. The molecule has 1 unspecified atom stereocenters. The molecule has 1 rings (SSSR count). The van der Waals surface area contributed by atoms with E-state index < -0.39 is 5.82 Å². The maximum absolute atomic E-state index is 13.7. The van der Waals surface area contributed by atoms with Gasteiger partial charge in [0.2, 0.25) is 0 Å². The van der Waals surface area contributed by atoms with E-state index in [1.54, 1.807) is 19.2 Å². The van der Waals surface area contributed by atoms with Crippen molar-refractivity contribution in [3.05, 3.63) is 29.6 Å². The molecule has 3 N–H and O–H groups in total. The van der Waals surface area contributed by atoms with Gasteiger partial charge in [-0.05, 0) is 18.6 Å². The predicted molar refractivity (Wildman–Crippen MR) is 76.5 cm³/mol. The zero-order chi connectivity index (χ0) is 13.5. The number of rotatable bonds is 7. The van der Waals surface area contributed by atoms with Gasteiger partial charge in [0.1, 0.15) is 10.8 Å². The molecule has 1 aromatic carbocycles. The Morgan fingerprint density at radius 2 is 2.28 bits per heavy atom. The van der Waals surface area contributed by atoms with E-state index in [1.165, 1.54) is 6.07 Å². The third kappa shape index (κ3) is 3.92. The van der Waals surface area contributed by atoms with Crippen molar-refractivity contribution in [2.75, 3.05) is 19.0 Å². The first-order chi connectivity index (χ1) is 8.60. The molecular weight excluding hydrogens is 251 g/mol. The Kier molecular flexibility index (Phi) is 6.01. The monoisotopic (exact) mass is 270 g/mol. The van der Waals surface area contributed by atoms with Crippen LogP contribution in [0.25, 0.3) is 0 Å². The molecule has 0 saturated carbocycles. The molecule has 0 spiro atoms. The molecule has 0 heterocycles. The number of benzene rings is 1. The van der Waals surface area contributed by atoms with Gasteiger partial charge >= 0.3 is 0 Å². The molecule has 0 saturated heterocycles. The minimum absolute atomic E-state index is 0.0586. The highest BCUT2D eigenvalue weighted by Crippen LogP contribution is 2.20. The van der Waals surface area contributed by atoms with Gasteiger partial charge in [0, 0.05) is 18.8 Å². The number of nitrogens with two attached hydrogens (primary N) is 1. The Morgan fingerprint density at radius 1 is 1.56 bits per heavy atom. The minimum atomic E-state index is -0.403. The molecule has 1 atom stereocenters. The molecule has 3 nitrogen and oxygen atoms in total. The molecule has 0 aliphatic heterocycles. The Labute approximate surface area is 113 Å². The van der Waals surface area contributed by atoms with E-state index in [0.717, 1.165) is 12.8 Å². The van der Waals surface area contributed by atoms with E-state index in [1.807, 2.05) is 0 Å². The molecule has 5 heteroatoms. The third-order valence-corrected chi connectivity index (χ3v) is 2.83. The van der Waals surface area contributed by atoms with Crippen molar-refractivity contribution in [2.24, 2.45) is 5.73 Å². The summed E-state index contributed by atoms with van der Waals surface area (Å²) in [5, 5.41) is 3.24. The van der Waals surface area contributed by atoms with Gasteiger partial charge in [-0.1, -0.05) is 31.6 Å². The topological polar surface area (TPSA) is 47.3 Å². The van der Waals surface area contributed by atoms with E-state index in [9.17, 15) is 4.39 Å². The molecule has 0 radical (unpaired) electrons. The van der Waals surface area contributed by atoms with E-state index in [4.69, 9.17) is 22.7 Å². The fourth-order valence-electron chi connectivity index (χ4n) is 1.86. The Hall–Kier alpha value is -1.20. The first-order valence-electron chi connectivity index (χ1n) is 5.94. The normalized spacial score (nSPS) is 12.2. The smallest absolute Gasteiger partial charge is 0.135 e. The van der Waals surface area contributed by atoms with Crippen LogP contribution in [0.1, 0.15) is 25.3 Å². The summed E-state index contributed by atoms with van der Waals surface area (Å²) in [5.41, 5.74) is 6.45. The number of methoxy groups -OCH3 is 1. The summed E-state index contributed by atoms with van der Waals surface area (Å²) in [4.78, 5) is 0.0586. The maximum atomic E-state index is 13.7.